The number of nitrogens with zero attached hydrogens (tertiary/aromatic N) is 3. The van der Waals surface area contributed by atoms with Crippen molar-refractivity contribution in [3.05, 3.63) is 48.2 Å². The Kier molecular flexibility index (Phi) is 5.40. The molecule has 8 heteroatoms. The van der Waals surface area contributed by atoms with Crippen LogP contribution in [0.25, 0.3) is 0 Å². The van der Waals surface area contributed by atoms with Crippen LogP contribution < -0.4 is 10.2 Å². The lowest BCUT2D eigenvalue weighted by Crippen LogP contribution is -2.38. The van der Waals surface area contributed by atoms with Gasteiger partial charge in [0.2, 0.25) is 5.91 Å². The van der Waals surface area contributed by atoms with Gasteiger partial charge in [0, 0.05) is 37.1 Å². The number of piperidine rings is 1. The summed E-state index contributed by atoms with van der Waals surface area (Å²) in [6.07, 6.45) is 6.31. The number of benzene rings is 1. The zero-order valence-corrected chi connectivity index (χ0v) is 14.3. The highest BCUT2D eigenvalue weighted by molar-refractivity contribution is 5.95. The van der Waals surface area contributed by atoms with Gasteiger partial charge in [0.25, 0.3) is 0 Å². The van der Waals surface area contributed by atoms with Crippen molar-refractivity contribution in [3.8, 4) is 0 Å². The maximum Gasteiger partial charge on any atom is 0.340 e. The third-order valence-electron chi connectivity index (χ3n) is 4.38. The average Bonchev–Trinajstić information content (AvgIpc) is 2.69. The molecule has 3 rings (SSSR count). The Morgan fingerprint density at radius 3 is 2.69 bits per heavy atom. The Hall–Kier alpha value is -3.03. The molecule has 0 saturated carbocycles. The van der Waals surface area contributed by atoms with Crippen molar-refractivity contribution >= 4 is 23.4 Å². The van der Waals surface area contributed by atoms with Gasteiger partial charge in [-0.3, -0.25) is 9.78 Å². The molecule has 0 unspecified atom stereocenters. The molecule has 0 spiro atoms. The molecule has 26 heavy (non-hydrogen) atoms. The number of esters is 1. The summed E-state index contributed by atoms with van der Waals surface area (Å²) in [6, 6.07) is 3.85. The second-order valence-electron chi connectivity index (χ2n) is 6.00. The molecular formula is C18H19FN4O3. The molecule has 1 fully saturated rings. The average molecular weight is 358 g/mol. The van der Waals surface area contributed by atoms with Crippen LogP contribution in [-0.2, 0) is 9.53 Å². The number of halogens is 1. The lowest BCUT2D eigenvalue weighted by molar-refractivity contribution is -0.120. The van der Waals surface area contributed by atoms with Crippen LogP contribution >= 0.6 is 0 Å². The van der Waals surface area contributed by atoms with Crippen molar-refractivity contribution in [1.82, 2.24) is 9.97 Å². The van der Waals surface area contributed by atoms with Crippen molar-refractivity contribution in [2.24, 2.45) is 5.92 Å². The van der Waals surface area contributed by atoms with Crippen LogP contribution in [0.4, 0.5) is 15.9 Å². The summed E-state index contributed by atoms with van der Waals surface area (Å²) in [4.78, 5) is 34.4. The molecule has 7 nitrogen and oxygen atoms in total. The van der Waals surface area contributed by atoms with E-state index in [4.69, 9.17) is 0 Å². The van der Waals surface area contributed by atoms with Crippen LogP contribution in [0.1, 0.15) is 23.2 Å². The van der Waals surface area contributed by atoms with E-state index in [1.54, 1.807) is 18.6 Å². The molecule has 1 aromatic heterocycles. The summed E-state index contributed by atoms with van der Waals surface area (Å²) < 4.78 is 18.2. The summed E-state index contributed by atoms with van der Waals surface area (Å²) in [7, 11) is 1.18. The van der Waals surface area contributed by atoms with Gasteiger partial charge in [0.1, 0.15) is 11.6 Å². The summed E-state index contributed by atoms with van der Waals surface area (Å²) in [6.45, 7) is 1.40. The number of aromatic nitrogens is 2. The predicted molar refractivity (Wildman–Crippen MR) is 93.3 cm³/mol. The molecule has 1 aromatic carbocycles. The first-order chi connectivity index (χ1) is 12.6. The highest BCUT2D eigenvalue weighted by atomic mass is 19.1. The van der Waals surface area contributed by atoms with Crippen LogP contribution in [0.5, 0.6) is 0 Å². The van der Waals surface area contributed by atoms with Gasteiger partial charge in [0.05, 0.1) is 18.9 Å². The van der Waals surface area contributed by atoms with E-state index in [1.165, 1.54) is 19.2 Å². The molecule has 1 amide bonds. The molecule has 2 aromatic rings. The fourth-order valence-electron chi connectivity index (χ4n) is 2.94. The van der Waals surface area contributed by atoms with Crippen LogP contribution in [0, 0.1) is 11.7 Å². The molecule has 136 valence electrons. The van der Waals surface area contributed by atoms with E-state index in [0.717, 1.165) is 11.9 Å². The summed E-state index contributed by atoms with van der Waals surface area (Å²) in [5, 5.41) is 2.75. The Morgan fingerprint density at radius 1 is 1.27 bits per heavy atom. The first kappa shape index (κ1) is 17.8. The van der Waals surface area contributed by atoms with E-state index in [-0.39, 0.29) is 17.4 Å². The predicted octanol–water partition coefficient (Wildman–Crippen LogP) is 2.26. The molecule has 1 N–H and O–H groups in total. The van der Waals surface area contributed by atoms with Crippen molar-refractivity contribution in [2.45, 2.75) is 12.8 Å². The quantitative estimate of drug-likeness (QED) is 0.844. The molecular weight excluding hydrogens is 339 g/mol. The largest absolute Gasteiger partial charge is 0.465 e. The maximum absolute atomic E-state index is 13.7. The van der Waals surface area contributed by atoms with Crippen molar-refractivity contribution in [3.63, 3.8) is 0 Å². The number of amides is 1. The summed E-state index contributed by atoms with van der Waals surface area (Å²) >= 11 is 0. The summed E-state index contributed by atoms with van der Waals surface area (Å²) in [5.41, 5.74) is 0.163. The Bertz CT molecular complexity index is 792. The number of ether oxygens (including phenoxy) is 1. The van der Waals surface area contributed by atoms with E-state index in [1.807, 2.05) is 0 Å². The van der Waals surface area contributed by atoms with Crippen molar-refractivity contribution < 1.29 is 18.7 Å². The monoisotopic (exact) mass is 358 g/mol. The number of anilines is 2. The molecule has 2 heterocycles. The zero-order chi connectivity index (χ0) is 18.5. The zero-order valence-electron chi connectivity index (χ0n) is 14.3. The first-order valence-electron chi connectivity index (χ1n) is 8.28. The Balaban J connectivity index is 1.60. The smallest absolute Gasteiger partial charge is 0.340 e. The molecule has 1 saturated heterocycles. The third kappa shape index (κ3) is 3.96. The lowest BCUT2D eigenvalue weighted by Gasteiger charge is -2.31. The molecule has 0 atom stereocenters. The van der Waals surface area contributed by atoms with Crippen molar-refractivity contribution in [1.29, 1.82) is 0 Å². The topological polar surface area (TPSA) is 84.4 Å². The molecule has 1 aliphatic heterocycles. The molecule has 0 radical (unpaired) electrons. The summed E-state index contributed by atoms with van der Waals surface area (Å²) in [5.74, 6) is -0.976. The van der Waals surface area contributed by atoms with E-state index in [9.17, 15) is 14.0 Å². The number of carbonyl (C=O) groups is 2. The second kappa shape index (κ2) is 7.90. The van der Waals surface area contributed by atoms with Gasteiger partial charge in [0.15, 0.2) is 0 Å². The van der Waals surface area contributed by atoms with Crippen molar-refractivity contribution in [2.75, 3.05) is 30.4 Å². The Morgan fingerprint density at radius 2 is 2.04 bits per heavy atom. The fourth-order valence-corrected chi connectivity index (χ4v) is 2.94. The van der Waals surface area contributed by atoms with Crippen LogP contribution in [0.2, 0.25) is 0 Å². The second-order valence-corrected chi connectivity index (χ2v) is 6.00. The van der Waals surface area contributed by atoms with Crippen LogP contribution in [-0.4, -0.2) is 42.0 Å². The lowest BCUT2D eigenvalue weighted by atomic mass is 9.96. The first-order valence-corrected chi connectivity index (χ1v) is 8.28. The van der Waals surface area contributed by atoms with Gasteiger partial charge in [-0.1, -0.05) is 0 Å². The van der Waals surface area contributed by atoms with Gasteiger partial charge < -0.3 is 15.0 Å². The van der Waals surface area contributed by atoms with Gasteiger partial charge in [-0.15, -0.1) is 0 Å². The third-order valence-corrected chi connectivity index (χ3v) is 4.38. The van der Waals surface area contributed by atoms with Gasteiger partial charge >= 0.3 is 5.97 Å². The number of nitrogens with one attached hydrogen (secondary N) is 1. The van der Waals surface area contributed by atoms with E-state index in [2.05, 4.69) is 24.9 Å². The molecule has 0 aliphatic carbocycles. The number of methoxy groups -OCH3 is 1. The van der Waals surface area contributed by atoms with Gasteiger partial charge in [-0.05, 0) is 31.0 Å². The minimum Gasteiger partial charge on any atom is -0.465 e. The maximum atomic E-state index is 13.7. The van der Waals surface area contributed by atoms with E-state index in [0.29, 0.717) is 31.6 Å². The highest BCUT2D eigenvalue weighted by Crippen LogP contribution is 2.23. The van der Waals surface area contributed by atoms with E-state index < -0.39 is 11.8 Å². The highest BCUT2D eigenvalue weighted by Gasteiger charge is 2.26. The normalized spacial score (nSPS) is 14.8. The number of hydrogen-bond acceptors (Lipinski definition) is 6. The van der Waals surface area contributed by atoms with Crippen LogP contribution in [0.15, 0.2) is 36.8 Å². The van der Waals surface area contributed by atoms with Gasteiger partial charge in [-0.25, -0.2) is 14.2 Å². The van der Waals surface area contributed by atoms with Gasteiger partial charge in [-0.2, -0.15) is 0 Å². The molecule has 0 bridgehead atoms. The number of hydrogen-bond donors (Lipinski definition) is 1. The number of rotatable bonds is 4. The Labute approximate surface area is 150 Å². The number of carbonyl (C=O) groups excluding carboxylic acids is 2. The van der Waals surface area contributed by atoms with Crippen LogP contribution in [0.3, 0.4) is 0 Å². The molecule has 1 aliphatic rings. The standard InChI is InChI=1S/C18H19FN4O3/c1-26-18(25)14-10-13(2-3-15(14)19)22-17(24)12-4-8-23(9-5-12)16-11-20-6-7-21-16/h2-3,6-7,10-12H,4-5,8-9H2,1H3,(H,22,24). The SMILES string of the molecule is COC(=O)c1cc(NC(=O)C2CCN(c3cnccn3)CC2)ccc1F. The minimum atomic E-state index is -0.782. The van der Waals surface area contributed by atoms with E-state index >= 15 is 0 Å². The minimum absolute atomic E-state index is 0.147. The fraction of sp³-hybridized carbons (Fsp3) is 0.333.